The van der Waals surface area contributed by atoms with Gasteiger partial charge in [0.2, 0.25) is 9.84 Å². The second kappa shape index (κ2) is 6.66. The van der Waals surface area contributed by atoms with Crippen LogP contribution < -0.4 is 16.1 Å². The van der Waals surface area contributed by atoms with E-state index >= 15 is 0 Å². The van der Waals surface area contributed by atoms with Crippen LogP contribution in [0.4, 0.5) is 0 Å². The minimum absolute atomic E-state index is 0.0262. The molecule has 2 rings (SSSR count). The van der Waals surface area contributed by atoms with Crippen LogP contribution in [0.15, 0.2) is 21.8 Å². The first-order valence-corrected chi connectivity index (χ1v) is 9.19. The van der Waals surface area contributed by atoms with Crippen LogP contribution in [0.2, 0.25) is 10.0 Å². The molecule has 0 spiro atoms. The zero-order valence-corrected chi connectivity index (χ0v) is 15.9. The van der Waals surface area contributed by atoms with Crippen LogP contribution in [-0.2, 0) is 16.9 Å². The fraction of sp³-hybridized carbons (Fsp3) is 0.267. The Morgan fingerprint density at radius 3 is 2.42 bits per heavy atom. The Morgan fingerprint density at radius 2 is 1.83 bits per heavy atom. The molecule has 2 aromatic rings. The van der Waals surface area contributed by atoms with E-state index in [1.54, 1.807) is 32.1 Å². The van der Waals surface area contributed by atoms with Gasteiger partial charge in [0.05, 0.1) is 25.9 Å². The molecule has 0 radical (unpaired) electrons. The molecule has 0 aliphatic carbocycles. The van der Waals surface area contributed by atoms with E-state index in [4.69, 9.17) is 23.2 Å². The number of benzene rings is 1. The highest BCUT2D eigenvalue weighted by atomic mass is 35.5. The van der Waals surface area contributed by atoms with Crippen LogP contribution >= 0.6 is 23.2 Å². The highest BCUT2D eigenvalue weighted by molar-refractivity contribution is 7.99. The molecule has 24 heavy (non-hydrogen) atoms. The van der Waals surface area contributed by atoms with Gasteiger partial charge in [-0.2, -0.15) is 0 Å². The maximum absolute atomic E-state index is 12.7. The minimum Gasteiger partial charge on any atom is -0.383 e. The molecule has 1 N–H and O–H groups in total. The summed E-state index contributed by atoms with van der Waals surface area (Å²) >= 11 is 12.0. The van der Waals surface area contributed by atoms with E-state index in [0.29, 0.717) is 10.6 Å². The van der Waals surface area contributed by atoms with Crippen molar-refractivity contribution in [2.75, 3.05) is 14.1 Å². The number of rotatable bonds is 3. The van der Waals surface area contributed by atoms with Gasteiger partial charge in [0.25, 0.3) is 5.56 Å². The van der Waals surface area contributed by atoms with E-state index in [0.717, 1.165) is 5.41 Å². The van der Waals surface area contributed by atoms with Gasteiger partial charge in [0.15, 0.2) is 0 Å². The summed E-state index contributed by atoms with van der Waals surface area (Å²) in [6.45, 7) is 1.69. The lowest BCUT2D eigenvalue weighted by atomic mass is 10.2. The van der Waals surface area contributed by atoms with Crippen molar-refractivity contribution >= 4 is 44.6 Å². The fourth-order valence-corrected chi connectivity index (χ4v) is 4.12. The molecule has 0 unspecified atom stereocenters. The zero-order valence-electron chi connectivity index (χ0n) is 13.6. The first-order chi connectivity index (χ1) is 11.0. The van der Waals surface area contributed by atoms with Gasteiger partial charge in [0, 0.05) is 32.4 Å². The number of nitrogens with zero attached hydrogens (tertiary/aromatic N) is 2. The molecule has 0 atom stereocenters. The Bertz CT molecular complexity index is 1070. The summed E-state index contributed by atoms with van der Waals surface area (Å²) in [5.74, 6) is 0. The Kier molecular flexibility index (Phi) is 5.17. The molecule has 1 aromatic heterocycles. The van der Waals surface area contributed by atoms with Crippen LogP contribution in [0.3, 0.4) is 0 Å². The molecule has 0 amide bonds. The van der Waals surface area contributed by atoms with Gasteiger partial charge in [-0.15, -0.1) is 0 Å². The highest BCUT2D eigenvalue weighted by Crippen LogP contribution is 2.29. The number of hydrogen-bond donors (Lipinski definition) is 1. The van der Waals surface area contributed by atoms with Crippen LogP contribution in [0.5, 0.6) is 0 Å². The summed E-state index contributed by atoms with van der Waals surface area (Å²) in [7, 11) is 1.11. The lowest BCUT2D eigenvalue weighted by Crippen LogP contribution is -2.37. The summed E-state index contributed by atoms with van der Waals surface area (Å²) in [6, 6.07) is 2.80. The lowest BCUT2D eigenvalue weighted by molar-refractivity contribution is 0.606. The van der Waals surface area contributed by atoms with Gasteiger partial charge in [-0.05, 0) is 24.6 Å². The average molecular weight is 390 g/mol. The molecule has 9 heteroatoms. The van der Waals surface area contributed by atoms with Crippen molar-refractivity contribution in [2.45, 2.75) is 11.8 Å². The van der Waals surface area contributed by atoms with Crippen molar-refractivity contribution in [2.24, 2.45) is 7.05 Å². The lowest BCUT2D eigenvalue weighted by Gasteiger charge is -2.05. The average Bonchev–Trinajstić information content (AvgIpc) is 2.69. The second-order valence-corrected chi connectivity index (χ2v) is 8.17. The zero-order chi connectivity index (χ0) is 18.2. The van der Waals surface area contributed by atoms with Crippen molar-refractivity contribution in [1.82, 2.24) is 14.7 Å². The normalized spacial score (nSPS) is 13.6. The van der Waals surface area contributed by atoms with Gasteiger partial charge < -0.3 is 4.90 Å². The Labute approximate surface area is 149 Å². The molecule has 6 nitrogen and oxygen atoms in total. The van der Waals surface area contributed by atoms with E-state index in [1.807, 2.05) is 0 Å². The van der Waals surface area contributed by atoms with Gasteiger partial charge >= 0.3 is 0 Å². The predicted molar refractivity (Wildman–Crippen MR) is 96.3 cm³/mol. The number of aromatic amines is 1. The van der Waals surface area contributed by atoms with Crippen molar-refractivity contribution < 1.29 is 8.42 Å². The van der Waals surface area contributed by atoms with Gasteiger partial charge in [0.1, 0.15) is 0 Å². The predicted octanol–water partition coefficient (Wildman–Crippen LogP) is 0.840. The molecule has 1 heterocycles. The monoisotopic (exact) mass is 389 g/mol. The standard InChI is InChI=1S/C15H17Cl2N3O3S/c1-9-5-14(12(17)6-11(9)16)24(22,23)8-13-10(7-19(2)3)15(21)20(4)18-13/h5-8,18H,1-4H3/b10-7?,13-8-. The molecule has 0 saturated carbocycles. The molecule has 0 bridgehead atoms. The van der Waals surface area contributed by atoms with E-state index in [-0.39, 0.29) is 26.0 Å². The maximum Gasteiger partial charge on any atom is 0.275 e. The molecule has 130 valence electrons. The molecule has 0 aliphatic rings. The Hall–Kier alpha value is -1.70. The molecule has 0 fully saturated rings. The number of H-pyrrole nitrogens is 1. The third kappa shape index (κ3) is 3.68. The summed E-state index contributed by atoms with van der Waals surface area (Å²) < 4.78 is 26.6. The van der Waals surface area contributed by atoms with Crippen molar-refractivity contribution in [3.63, 3.8) is 0 Å². The molecular weight excluding hydrogens is 373 g/mol. The summed E-state index contributed by atoms with van der Waals surface area (Å²) in [6.07, 6.45) is 1.55. The van der Waals surface area contributed by atoms with E-state index in [1.165, 1.54) is 23.9 Å². The van der Waals surface area contributed by atoms with E-state index in [2.05, 4.69) is 5.10 Å². The first-order valence-electron chi connectivity index (χ1n) is 6.88. The number of aryl methyl sites for hydroxylation is 2. The Balaban J connectivity index is 2.79. The third-order valence-electron chi connectivity index (χ3n) is 3.29. The number of nitrogens with one attached hydrogen (secondary N) is 1. The van der Waals surface area contributed by atoms with Crippen LogP contribution in [0.25, 0.3) is 11.6 Å². The number of aromatic nitrogens is 2. The van der Waals surface area contributed by atoms with Crippen molar-refractivity contribution in [1.29, 1.82) is 0 Å². The number of hydrogen-bond acceptors (Lipinski definition) is 4. The summed E-state index contributed by atoms with van der Waals surface area (Å²) in [5.41, 5.74) is 0.262. The smallest absolute Gasteiger partial charge is 0.275 e. The molecule has 0 aliphatic heterocycles. The fourth-order valence-electron chi connectivity index (χ4n) is 2.13. The van der Waals surface area contributed by atoms with Gasteiger partial charge in [-0.3, -0.25) is 14.6 Å². The SMILES string of the molecule is Cc1cc(S(=O)(=O)/C=c2\[nH]n(C)c(=O)c2=CN(C)C)c(Cl)cc1Cl. The van der Waals surface area contributed by atoms with Gasteiger partial charge in [-0.1, -0.05) is 23.2 Å². The third-order valence-corrected chi connectivity index (χ3v) is 5.62. The maximum atomic E-state index is 12.7. The van der Waals surface area contributed by atoms with Crippen molar-refractivity contribution in [3.05, 3.63) is 48.7 Å². The van der Waals surface area contributed by atoms with E-state index in [9.17, 15) is 13.2 Å². The number of sulfone groups is 1. The summed E-state index contributed by atoms with van der Waals surface area (Å²) in [5, 5.41) is 4.56. The van der Waals surface area contributed by atoms with Crippen LogP contribution in [-0.4, -0.2) is 37.2 Å². The van der Waals surface area contributed by atoms with Crippen LogP contribution in [0, 0.1) is 6.92 Å². The van der Waals surface area contributed by atoms with Crippen LogP contribution in [0.1, 0.15) is 5.56 Å². The quantitative estimate of drug-likeness (QED) is 0.843. The second-order valence-electron chi connectivity index (χ2n) is 5.59. The van der Waals surface area contributed by atoms with Crippen molar-refractivity contribution in [3.8, 4) is 0 Å². The van der Waals surface area contributed by atoms with E-state index < -0.39 is 9.84 Å². The molecular formula is C15H17Cl2N3O3S. The Morgan fingerprint density at radius 1 is 1.21 bits per heavy atom. The largest absolute Gasteiger partial charge is 0.383 e. The summed E-state index contributed by atoms with van der Waals surface area (Å²) in [4.78, 5) is 13.7. The number of halogens is 2. The highest BCUT2D eigenvalue weighted by Gasteiger charge is 2.18. The molecule has 1 aromatic carbocycles. The molecule has 0 saturated heterocycles. The minimum atomic E-state index is -3.88. The van der Waals surface area contributed by atoms with Gasteiger partial charge in [-0.25, -0.2) is 8.42 Å². The first kappa shape index (κ1) is 18.6. The topological polar surface area (TPSA) is 75.2 Å².